The van der Waals surface area contributed by atoms with Crippen LogP contribution in [0.5, 0.6) is 0 Å². The van der Waals surface area contributed by atoms with E-state index in [0.717, 1.165) is 5.56 Å². The summed E-state index contributed by atoms with van der Waals surface area (Å²) in [6, 6.07) is 6.71. The molecule has 2 aliphatic heterocycles. The van der Waals surface area contributed by atoms with Crippen molar-refractivity contribution in [3.8, 4) is 0 Å². The van der Waals surface area contributed by atoms with Crippen LogP contribution in [0, 0.1) is 6.92 Å². The molecule has 0 saturated carbocycles. The van der Waals surface area contributed by atoms with Crippen LogP contribution in [0.1, 0.15) is 25.3 Å². The van der Waals surface area contributed by atoms with Crippen LogP contribution in [-0.4, -0.2) is 33.6 Å². The van der Waals surface area contributed by atoms with Gasteiger partial charge in [-0.15, -0.1) is 0 Å². The van der Waals surface area contributed by atoms with Crippen LogP contribution >= 0.6 is 0 Å². The number of alkyl halides is 3. The van der Waals surface area contributed by atoms with E-state index >= 15 is 0 Å². The summed E-state index contributed by atoms with van der Waals surface area (Å²) in [5, 5.41) is -1.16. The van der Waals surface area contributed by atoms with Crippen molar-refractivity contribution in [3.05, 3.63) is 29.8 Å². The van der Waals surface area contributed by atoms with Crippen molar-refractivity contribution >= 4 is 10.8 Å². The molecule has 0 N–H and O–H groups in total. The third-order valence-corrected chi connectivity index (χ3v) is 6.23. The molecule has 1 unspecified atom stereocenters. The Labute approximate surface area is 129 Å². The summed E-state index contributed by atoms with van der Waals surface area (Å²) in [6.07, 6.45) is -4.18. The van der Waals surface area contributed by atoms with E-state index in [9.17, 15) is 17.4 Å². The molecule has 2 saturated heterocycles. The number of halogens is 3. The topological polar surface area (TPSA) is 35.5 Å². The fourth-order valence-corrected chi connectivity index (χ4v) is 4.71. The summed E-state index contributed by atoms with van der Waals surface area (Å²) in [5.74, 6) is -1.23. The average molecular weight is 334 g/mol. The molecule has 0 amide bonds. The fraction of sp³-hybridized carbons (Fsp3) is 0.600. The number of rotatable bonds is 2. The van der Waals surface area contributed by atoms with E-state index in [-0.39, 0.29) is 6.42 Å². The molecule has 3 rings (SSSR count). The van der Waals surface area contributed by atoms with Crippen molar-refractivity contribution in [1.29, 1.82) is 0 Å². The molecule has 22 heavy (non-hydrogen) atoms. The van der Waals surface area contributed by atoms with Gasteiger partial charge in [-0.05, 0) is 32.4 Å². The van der Waals surface area contributed by atoms with Gasteiger partial charge in [0.2, 0.25) is 5.60 Å². The second kappa shape index (κ2) is 5.04. The lowest BCUT2D eigenvalue weighted by Crippen LogP contribution is -2.61. The zero-order chi connectivity index (χ0) is 16.2. The van der Waals surface area contributed by atoms with Crippen molar-refractivity contribution in [2.45, 2.75) is 54.4 Å². The Morgan fingerprint density at radius 1 is 1.27 bits per heavy atom. The average Bonchev–Trinajstić information content (AvgIpc) is 2.72. The lowest BCUT2D eigenvalue weighted by atomic mass is 9.92. The minimum Gasteiger partial charge on any atom is -0.347 e. The molecule has 122 valence electrons. The van der Waals surface area contributed by atoms with Gasteiger partial charge in [-0.3, -0.25) is 4.21 Å². The Hall–Kier alpha value is -0.920. The number of ether oxygens (including phenoxy) is 2. The largest absolute Gasteiger partial charge is 0.421 e. The summed E-state index contributed by atoms with van der Waals surface area (Å²) in [5.41, 5.74) is -1.53. The Bertz CT molecular complexity index is 601. The number of aryl methyl sites for hydroxylation is 1. The van der Waals surface area contributed by atoms with Gasteiger partial charge in [-0.2, -0.15) is 13.2 Å². The molecule has 2 bridgehead atoms. The second-order valence-corrected chi connectivity index (χ2v) is 7.68. The quantitative estimate of drug-likeness (QED) is 0.832. The molecule has 2 aliphatic rings. The molecule has 1 aromatic carbocycles. The van der Waals surface area contributed by atoms with Crippen molar-refractivity contribution in [2.75, 3.05) is 6.61 Å². The highest BCUT2D eigenvalue weighted by Gasteiger charge is 2.71. The van der Waals surface area contributed by atoms with Gasteiger partial charge < -0.3 is 9.47 Å². The zero-order valence-electron chi connectivity index (χ0n) is 12.3. The Morgan fingerprint density at radius 2 is 1.91 bits per heavy atom. The first kappa shape index (κ1) is 16.0. The molecule has 3 nitrogen and oxygen atoms in total. The molecule has 1 aromatic rings. The third-order valence-electron chi connectivity index (χ3n) is 4.36. The van der Waals surface area contributed by atoms with Crippen LogP contribution in [0.2, 0.25) is 0 Å². The number of hydrogen-bond acceptors (Lipinski definition) is 3. The predicted octanol–water partition coefficient (Wildman–Crippen LogP) is 3.33. The monoisotopic (exact) mass is 334 g/mol. The molecule has 7 heteroatoms. The van der Waals surface area contributed by atoms with Gasteiger partial charge in [0.1, 0.15) is 0 Å². The standard InChI is InChI=1S/C15H17F3O3S/c1-10-3-5-11(6-4-10)22(19)12-7-8-13(2)20-9-14(12,21-13)15(16,17)18/h3-6,12H,7-9H2,1-2H3/t12-,13+,14+,22?/m0/s1. The summed E-state index contributed by atoms with van der Waals surface area (Å²) in [6.45, 7) is 2.77. The lowest BCUT2D eigenvalue weighted by molar-refractivity contribution is -0.300. The van der Waals surface area contributed by atoms with Crippen LogP contribution in [-0.2, 0) is 20.3 Å². The number of benzene rings is 1. The normalized spacial score (nSPS) is 36.3. The summed E-state index contributed by atoms with van der Waals surface area (Å²) in [7, 11) is -1.81. The Kier molecular flexibility index (Phi) is 3.66. The van der Waals surface area contributed by atoms with Gasteiger partial charge in [0, 0.05) is 11.3 Å². The van der Waals surface area contributed by atoms with Gasteiger partial charge in [0.25, 0.3) is 0 Å². The van der Waals surface area contributed by atoms with Gasteiger partial charge in [-0.25, -0.2) is 0 Å². The minimum absolute atomic E-state index is 0.149. The van der Waals surface area contributed by atoms with Gasteiger partial charge in [0.05, 0.1) is 22.7 Å². The van der Waals surface area contributed by atoms with Crippen molar-refractivity contribution < 1.29 is 26.9 Å². The molecule has 4 atom stereocenters. The predicted molar refractivity (Wildman–Crippen MR) is 74.8 cm³/mol. The van der Waals surface area contributed by atoms with Crippen molar-refractivity contribution in [2.24, 2.45) is 0 Å². The third kappa shape index (κ3) is 2.39. The SMILES string of the molecule is Cc1ccc(S(=O)[C@H]2CC[C@]3(C)OC[C@@]2(C(F)(F)F)O3)cc1. The number of fused-ring (bicyclic) bond motifs is 2. The lowest BCUT2D eigenvalue weighted by Gasteiger charge is -2.42. The summed E-state index contributed by atoms with van der Waals surface area (Å²) < 4.78 is 64.2. The Balaban J connectivity index is 1.98. The smallest absolute Gasteiger partial charge is 0.347 e. The van der Waals surface area contributed by atoms with Crippen LogP contribution in [0.4, 0.5) is 13.2 Å². The first-order valence-electron chi connectivity index (χ1n) is 7.05. The van der Waals surface area contributed by atoms with E-state index in [1.54, 1.807) is 24.3 Å². The molecule has 2 fully saturated rings. The second-order valence-electron chi connectivity index (χ2n) is 6.05. The first-order valence-corrected chi connectivity index (χ1v) is 8.26. The molecular weight excluding hydrogens is 317 g/mol. The minimum atomic E-state index is -4.63. The van der Waals surface area contributed by atoms with Crippen LogP contribution < -0.4 is 0 Å². The maximum Gasteiger partial charge on any atom is 0.421 e. The van der Waals surface area contributed by atoms with Crippen LogP contribution in [0.3, 0.4) is 0 Å². The highest BCUT2D eigenvalue weighted by molar-refractivity contribution is 7.85. The maximum atomic E-state index is 13.6. The van der Waals surface area contributed by atoms with Gasteiger partial charge >= 0.3 is 6.18 Å². The van der Waals surface area contributed by atoms with E-state index in [1.807, 2.05) is 6.92 Å². The maximum absolute atomic E-state index is 13.6. The molecule has 0 spiro atoms. The van der Waals surface area contributed by atoms with E-state index in [1.165, 1.54) is 6.92 Å². The van der Waals surface area contributed by atoms with Crippen LogP contribution in [0.25, 0.3) is 0 Å². The molecule has 0 aliphatic carbocycles. The highest BCUT2D eigenvalue weighted by Crippen LogP contribution is 2.53. The van der Waals surface area contributed by atoms with E-state index in [4.69, 9.17) is 9.47 Å². The van der Waals surface area contributed by atoms with E-state index in [0.29, 0.717) is 11.3 Å². The molecule has 0 aromatic heterocycles. The molecule has 2 heterocycles. The first-order chi connectivity index (χ1) is 10.2. The Morgan fingerprint density at radius 3 is 2.50 bits per heavy atom. The highest BCUT2D eigenvalue weighted by atomic mass is 32.2. The van der Waals surface area contributed by atoms with E-state index < -0.39 is 40.2 Å². The van der Waals surface area contributed by atoms with E-state index in [2.05, 4.69) is 0 Å². The summed E-state index contributed by atoms with van der Waals surface area (Å²) >= 11 is 0. The van der Waals surface area contributed by atoms with Crippen LogP contribution in [0.15, 0.2) is 29.2 Å². The van der Waals surface area contributed by atoms with Crippen molar-refractivity contribution in [1.82, 2.24) is 0 Å². The fourth-order valence-electron chi connectivity index (χ4n) is 3.05. The zero-order valence-corrected chi connectivity index (χ0v) is 13.1. The van der Waals surface area contributed by atoms with Gasteiger partial charge in [-0.1, -0.05) is 17.7 Å². The van der Waals surface area contributed by atoms with Gasteiger partial charge in [0.15, 0.2) is 5.79 Å². The number of hydrogen-bond donors (Lipinski definition) is 0. The summed E-state index contributed by atoms with van der Waals surface area (Å²) in [4.78, 5) is 0.387. The van der Waals surface area contributed by atoms with Crippen molar-refractivity contribution in [3.63, 3.8) is 0 Å². The molecular formula is C15H17F3O3S. The molecule has 0 radical (unpaired) electrons.